The van der Waals surface area contributed by atoms with Crippen molar-refractivity contribution >= 4 is 17.6 Å². The highest BCUT2D eigenvalue weighted by atomic mass is 35.5. The Morgan fingerprint density at radius 1 is 1.82 bits per heavy atom. The van der Waals surface area contributed by atoms with Crippen molar-refractivity contribution in [3.8, 4) is 0 Å². The molecular formula is C5H6ClN3O2. The van der Waals surface area contributed by atoms with Gasteiger partial charge in [0, 0.05) is 0 Å². The third-order valence-corrected chi connectivity index (χ3v) is 1.40. The summed E-state index contributed by atoms with van der Waals surface area (Å²) in [7, 11) is 0. The molecular weight excluding hydrogens is 170 g/mol. The van der Waals surface area contributed by atoms with Crippen LogP contribution in [0.25, 0.3) is 0 Å². The number of hydrogen-bond acceptors (Lipinski definition) is 3. The second-order valence-electron chi connectivity index (χ2n) is 1.90. The number of carboxylic acid groups (broad SMARTS) is 1. The molecule has 1 rings (SSSR count). The van der Waals surface area contributed by atoms with E-state index in [1.165, 1.54) is 11.0 Å². The number of rotatable bonds is 3. The lowest BCUT2D eigenvalue weighted by atomic mass is 10.4. The van der Waals surface area contributed by atoms with Crippen LogP contribution in [-0.4, -0.2) is 25.8 Å². The minimum absolute atomic E-state index is 0.00306. The molecule has 1 aromatic rings. The van der Waals surface area contributed by atoms with Gasteiger partial charge in [-0.2, -0.15) is 5.10 Å². The molecule has 0 unspecified atom stereocenters. The summed E-state index contributed by atoms with van der Waals surface area (Å²) >= 11 is 5.52. The van der Waals surface area contributed by atoms with Gasteiger partial charge in [0.2, 0.25) is 5.28 Å². The lowest BCUT2D eigenvalue weighted by Crippen LogP contribution is -2.05. The number of halogens is 1. The highest BCUT2D eigenvalue weighted by molar-refractivity contribution is 6.28. The monoisotopic (exact) mass is 175 g/mol. The first-order chi connectivity index (χ1) is 5.20. The van der Waals surface area contributed by atoms with Crippen LogP contribution in [0.3, 0.4) is 0 Å². The second-order valence-corrected chi connectivity index (χ2v) is 2.23. The molecule has 6 heteroatoms. The smallest absolute Gasteiger partial charge is 0.305 e. The van der Waals surface area contributed by atoms with E-state index in [4.69, 9.17) is 16.7 Å². The third kappa shape index (κ3) is 2.19. The van der Waals surface area contributed by atoms with Crippen molar-refractivity contribution < 1.29 is 9.90 Å². The normalized spacial score (nSPS) is 9.91. The van der Waals surface area contributed by atoms with Crippen LogP contribution in [0.1, 0.15) is 6.42 Å². The lowest BCUT2D eigenvalue weighted by molar-refractivity contribution is -0.137. The molecule has 0 bridgehead atoms. The molecule has 0 atom stereocenters. The van der Waals surface area contributed by atoms with E-state index in [2.05, 4.69) is 10.1 Å². The second kappa shape index (κ2) is 3.34. The molecule has 1 aromatic heterocycles. The van der Waals surface area contributed by atoms with Crippen molar-refractivity contribution in [1.29, 1.82) is 0 Å². The maximum absolute atomic E-state index is 10.1. The Morgan fingerprint density at radius 3 is 3.00 bits per heavy atom. The van der Waals surface area contributed by atoms with Crippen molar-refractivity contribution in [2.24, 2.45) is 0 Å². The third-order valence-electron chi connectivity index (χ3n) is 1.11. The fourth-order valence-electron chi connectivity index (χ4n) is 0.602. The molecule has 0 aliphatic rings. The van der Waals surface area contributed by atoms with Gasteiger partial charge in [-0.05, 0) is 11.6 Å². The van der Waals surface area contributed by atoms with Gasteiger partial charge >= 0.3 is 5.97 Å². The average Bonchev–Trinajstić information content (AvgIpc) is 2.31. The van der Waals surface area contributed by atoms with Crippen LogP contribution in [0.4, 0.5) is 0 Å². The Hall–Kier alpha value is -1.10. The Bertz CT molecular complexity index is 260. The van der Waals surface area contributed by atoms with E-state index < -0.39 is 5.97 Å². The van der Waals surface area contributed by atoms with Crippen LogP contribution in [0.5, 0.6) is 0 Å². The van der Waals surface area contributed by atoms with Gasteiger partial charge in [0.25, 0.3) is 0 Å². The molecule has 0 amide bonds. The van der Waals surface area contributed by atoms with E-state index in [1.807, 2.05) is 0 Å². The number of nitrogens with zero attached hydrogens (tertiary/aromatic N) is 3. The fraction of sp³-hybridized carbons (Fsp3) is 0.400. The van der Waals surface area contributed by atoms with E-state index in [9.17, 15) is 4.79 Å². The summed E-state index contributed by atoms with van der Waals surface area (Å²) < 4.78 is 1.33. The van der Waals surface area contributed by atoms with Crippen LogP contribution < -0.4 is 0 Å². The standard InChI is InChI=1S/C5H6ClN3O2/c6-5-7-3-8-9(5)2-1-4(10)11/h3H,1-2H2,(H,10,11). The number of aliphatic carboxylic acids is 1. The van der Waals surface area contributed by atoms with Gasteiger partial charge in [0.05, 0.1) is 13.0 Å². The molecule has 0 aliphatic carbocycles. The van der Waals surface area contributed by atoms with Gasteiger partial charge in [0.15, 0.2) is 0 Å². The molecule has 1 N–H and O–H groups in total. The summed E-state index contributed by atoms with van der Waals surface area (Å²) in [5, 5.41) is 12.2. The highest BCUT2D eigenvalue weighted by Crippen LogP contribution is 2.01. The first kappa shape index (κ1) is 8.00. The predicted octanol–water partition coefficient (Wildman–Crippen LogP) is 0.406. The largest absolute Gasteiger partial charge is 0.481 e. The molecule has 0 aliphatic heterocycles. The predicted molar refractivity (Wildman–Crippen MR) is 37.3 cm³/mol. The van der Waals surface area contributed by atoms with Crippen LogP contribution in [0, 0.1) is 0 Å². The summed E-state index contributed by atoms with van der Waals surface area (Å²) in [4.78, 5) is 13.7. The van der Waals surface area contributed by atoms with E-state index in [0.29, 0.717) is 0 Å². The van der Waals surface area contributed by atoms with Crippen molar-refractivity contribution in [2.75, 3.05) is 0 Å². The molecule has 0 saturated carbocycles. The molecule has 0 fully saturated rings. The number of carboxylic acids is 1. The Kier molecular flexibility index (Phi) is 2.43. The van der Waals surface area contributed by atoms with Crippen LogP contribution >= 0.6 is 11.6 Å². The van der Waals surface area contributed by atoms with Gasteiger partial charge in [-0.3, -0.25) is 4.79 Å². The molecule has 60 valence electrons. The summed E-state index contributed by atoms with van der Waals surface area (Å²) in [5.41, 5.74) is 0. The van der Waals surface area contributed by atoms with Gasteiger partial charge in [-0.1, -0.05) is 0 Å². The fourth-order valence-corrected chi connectivity index (χ4v) is 0.773. The van der Waals surface area contributed by atoms with Crippen molar-refractivity contribution in [3.63, 3.8) is 0 Å². The Labute approximate surface area is 67.6 Å². The number of aryl methyl sites for hydroxylation is 1. The molecule has 0 aromatic carbocycles. The summed E-state index contributed by atoms with van der Waals surface area (Å²) in [6.45, 7) is 0.258. The van der Waals surface area contributed by atoms with Crippen molar-refractivity contribution in [3.05, 3.63) is 11.6 Å². The van der Waals surface area contributed by atoms with Crippen molar-refractivity contribution in [2.45, 2.75) is 13.0 Å². The SMILES string of the molecule is O=C(O)CCn1ncnc1Cl. The summed E-state index contributed by atoms with van der Waals surface area (Å²) in [5.74, 6) is -0.878. The van der Waals surface area contributed by atoms with E-state index in [1.54, 1.807) is 0 Å². The topological polar surface area (TPSA) is 68.0 Å². The zero-order chi connectivity index (χ0) is 8.27. The average molecular weight is 176 g/mol. The molecule has 11 heavy (non-hydrogen) atoms. The first-order valence-corrected chi connectivity index (χ1v) is 3.33. The molecule has 0 spiro atoms. The maximum Gasteiger partial charge on any atom is 0.305 e. The summed E-state index contributed by atoms with van der Waals surface area (Å²) in [6.07, 6.45) is 1.28. The number of carbonyl (C=O) groups is 1. The highest BCUT2D eigenvalue weighted by Gasteiger charge is 2.02. The zero-order valence-electron chi connectivity index (χ0n) is 5.57. The first-order valence-electron chi connectivity index (χ1n) is 2.95. The maximum atomic E-state index is 10.1. The lowest BCUT2D eigenvalue weighted by Gasteiger charge is -1.96. The van der Waals surface area contributed by atoms with E-state index >= 15 is 0 Å². The van der Waals surface area contributed by atoms with Crippen LogP contribution in [-0.2, 0) is 11.3 Å². The minimum atomic E-state index is -0.878. The number of aromatic nitrogens is 3. The van der Waals surface area contributed by atoms with Crippen molar-refractivity contribution in [1.82, 2.24) is 14.8 Å². The number of hydrogen-bond donors (Lipinski definition) is 1. The quantitative estimate of drug-likeness (QED) is 0.723. The minimum Gasteiger partial charge on any atom is -0.481 e. The van der Waals surface area contributed by atoms with E-state index in [0.717, 1.165) is 0 Å². The molecule has 0 saturated heterocycles. The molecule has 1 heterocycles. The zero-order valence-corrected chi connectivity index (χ0v) is 6.32. The Morgan fingerprint density at radius 2 is 2.55 bits per heavy atom. The molecule has 5 nitrogen and oxygen atoms in total. The van der Waals surface area contributed by atoms with Gasteiger partial charge < -0.3 is 5.11 Å². The molecule has 0 radical (unpaired) electrons. The van der Waals surface area contributed by atoms with Crippen LogP contribution in [0.2, 0.25) is 5.28 Å². The van der Waals surface area contributed by atoms with Crippen LogP contribution in [0.15, 0.2) is 6.33 Å². The van der Waals surface area contributed by atoms with Gasteiger partial charge in [-0.15, -0.1) is 0 Å². The van der Waals surface area contributed by atoms with Gasteiger partial charge in [-0.25, -0.2) is 9.67 Å². The van der Waals surface area contributed by atoms with E-state index in [-0.39, 0.29) is 18.2 Å². The summed E-state index contributed by atoms with van der Waals surface area (Å²) in [6, 6.07) is 0. The van der Waals surface area contributed by atoms with Gasteiger partial charge in [0.1, 0.15) is 6.33 Å². The Balaban J connectivity index is 2.51.